The Morgan fingerprint density at radius 2 is 1.75 bits per heavy atom. The highest BCUT2D eigenvalue weighted by molar-refractivity contribution is 9.11. The van der Waals surface area contributed by atoms with Crippen LogP contribution in [0.15, 0.2) is 45.3 Å². The number of hydrogen-bond donors (Lipinski definition) is 0. The molecule has 82 valence electrons. The van der Waals surface area contributed by atoms with Crippen LogP contribution in [0.25, 0.3) is 11.1 Å². The lowest BCUT2D eigenvalue weighted by molar-refractivity contribution is 0.628. The van der Waals surface area contributed by atoms with Gasteiger partial charge in [0.1, 0.15) is 5.82 Å². The largest absolute Gasteiger partial charge is 0.207 e. The van der Waals surface area contributed by atoms with Crippen LogP contribution in [0.1, 0.15) is 0 Å². The Labute approximate surface area is 115 Å². The van der Waals surface area contributed by atoms with Gasteiger partial charge in [0.2, 0.25) is 0 Å². The average molecular weight is 364 g/mol. The van der Waals surface area contributed by atoms with Crippen molar-refractivity contribution in [1.82, 2.24) is 0 Å². The molecular weight excluding hydrogens is 358 g/mol. The molecule has 0 radical (unpaired) electrons. The molecule has 0 aliphatic carbocycles. The summed E-state index contributed by atoms with van der Waals surface area (Å²) in [7, 11) is 0. The summed E-state index contributed by atoms with van der Waals surface area (Å²) in [4.78, 5) is 0. The molecule has 0 aliphatic rings. The quantitative estimate of drug-likeness (QED) is 0.611. The highest BCUT2D eigenvalue weighted by atomic mass is 79.9. The monoisotopic (exact) mass is 362 g/mol. The van der Waals surface area contributed by atoms with Crippen molar-refractivity contribution >= 4 is 43.5 Å². The zero-order valence-corrected chi connectivity index (χ0v) is 11.9. The van der Waals surface area contributed by atoms with Crippen LogP contribution in [0, 0.1) is 5.82 Å². The molecule has 0 aliphatic heterocycles. The SMILES string of the molecule is Fc1ccc(Br)c(-c2c(Cl)cccc2Br)c1. The van der Waals surface area contributed by atoms with Crippen molar-refractivity contribution in [2.24, 2.45) is 0 Å². The fourth-order valence-corrected chi connectivity index (χ4v) is 2.86. The van der Waals surface area contributed by atoms with Crippen molar-refractivity contribution < 1.29 is 4.39 Å². The van der Waals surface area contributed by atoms with Crippen LogP contribution in [0.4, 0.5) is 4.39 Å². The van der Waals surface area contributed by atoms with E-state index in [0.29, 0.717) is 5.02 Å². The van der Waals surface area contributed by atoms with Crippen molar-refractivity contribution in [3.8, 4) is 11.1 Å². The second kappa shape index (κ2) is 4.86. The summed E-state index contributed by atoms with van der Waals surface area (Å²) in [5, 5.41) is 0.584. The Morgan fingerprint density at radius 1 is 1.00 bits per heavy atom. The predicted octanol–water partition coefficient (Wildman–Crippen LogP) is 5.67. The van der Waals surface area contributed by atoms with E-state index in [1.165, 1.54) is 12.1 Å². The molecule has 2 rings (SSSR count). The van der Waals surface area contributed by atoms with Crippen LogP contribution in [0.2, 0.25) is 5.02 Å². The maximum Gasteiger partial charge on any atom is 0.123 e. The van der Waals surface area contributed by atoms with Crippen LogP contribution in [-0.4, -0.2) is 0 Å². The van der Waals surface area contributed by atoms with Gasteiger partial charge in [0.15, 0.2) is 0 Å². The Balaban J connectivity index is 2.72. The molecule has 0 nitrogen and oxygen atoms in total. The molecule has 0 fully saturated rings. The average Bonchev–Trinajstić information content (AvgIpc) is 2.23. The van der Waals surface area contributed by atoms with E-state index in [-0.39, 0.29) is 5.82 Å². The number of benzene rings is 2. The summed E-state index contributed by atoms with van der Waals surface area (Å²) in [6.07, 6.45) is 0. The summed E-state index contributed by atoms with van der Waals surface area (Å²) in [6.45, 7) is 0. The second-order valence-corrected chi connectivity index (χ2v) is 5.34. The van der Waals surface area contributed by atoms with E-state index >= 15 is 0 Å². The summed E-state index contributed by atoms with van der Waals surface area (Å²) < 4.78 is 14.9. The van der Waals surface area contributed by atoms with E-state index in [1.54, 1.807) is 12.1 Å². The third-order valence-electron chi connectivity index (χ3n) is 2.16. The van der Waals surface area contributed by atoms with Crippen molar-refractivity contribution in [3.63, 3.8) is 0 Å². The van der Waals surface area contributed by atoms with Gasteiger partial charge in [-0.05, 0) is 30.3 Å². The first-order valence-electron chi connectivity index (χ1n) is 4.49. The van der Waals surface area contributed by atoms with Crippen molar-refractivity contribution in [2.75, 3.05) is 0 Å². The Morgan fingerprint density at radius 3 is 2.44 bits per heavy atom. The zero-order chi connectivity index (χ0) is 11.7. The van der Waals surface area contributed by atoms with Gasteiger partial charge in [-0.2, -0.15) is 0 Å². The molecule has 0 heterocycles. The highest BCUT2D eigenvalue weighted by Gasteiger charge is 2.11. The minimum Gasteiger partial charge on any atom is -0.207 e. The van der Waals surface area contributed by atoms with Gasteiger partial charge in [-0.1, -0.05) is 49.5 Å². The molecule has 0 aromatic heterocycles. The van der Waals surface area contributed by atoms with Gasteiger partial charge in [0.05, 0.1) is 0 Å². The van der Waals surface area contributed by atoms with E-state index in [1.807, 2.05) is 12.1 Å². The first-order valence-corrected chi connectivity index (χ1v) is 6.45. The van der Waals surface area contributed by atoms with Gasteiger partial charge in [0.25, 0.3) is 0 Å². The number of rotatable bonds is 1. The van der Waals surface area contributed by atoms with Gasteiger partial charge >= 0.3 is 0 Å². The maximum absolute atomic E-state index is 13.2. The van der Waals surface area contributed by atoms with Gasteiger partial charge in [-0.25, -0.2) is 4.39 Å². The van der Waals surface area contributed by atoms with Crippen molar-refractivity contribution in [2.45, 2.75) is 0 Å². The highest BCUT2D eigenvalue weighted by Crippen LogP contribution is 2.38. The topological polar surface area (TPSA) is 0 Å². The summed E-state index contributed by atoms with van der Waals surface area (Å²) in [5.41, 5.74) is 1.52. The Kier molecular flexibility index (Phi) is 3.67. The minimum atomic E-state index is -0.287. The molecule has 4 heteroatoms. The Hall–Kier alpha value is -0.380. The molecule has 16 heavy (non-hydrogen) atoms. The third-order valence-corrected chi connectivity index (χ3v) is 3.83. The maximum atomic E-state index is 13.2. The normalized spacial score (nSPS) is 10.5. The van der Waals surface area contributed by atoms with E-state index < -0.39 is 0 Å². The standard InChI is InChI=1S/C12H6Br2ClF/c13-9-5-4-7(16)6-8(9)12-10(14)2-1-3-11(12)15/h1-6H. The van der Waals surface area contributed by atoms with Gasteiger partial charge in [0, 0.05) is 25.1 Å². The number of hydrogen-bond acceptors (Lipinski definition) is 0. The van der Waals surface area contributed by atoms with E-state index in [2.05, 4.69) is 31.9 Å². The van der Waals surface area contributed by atoms with Crippen LogP contribution >= 0.6 is 43.5 Å². The molecule has 0 atom stereocenters. The van der Waals surface area contributed by atoms with E-state index in [4.69, 9.17) is 11.6 Å². The summed E-state index contributed by atoms with van der Waals surface area (Å²) >= 11 is 12.9. The smallest absolute Gasteiger partial charge is 0.123 e. The molecular formula is C12H6Br2ClF. The second-order valence-electron chi connectivity index (χ2n) is 3.22. The fraction of sp³-hybridized carbons (Fsp3) is 0. The molecule has 0 bridgehead atoms. The molecule has 0 saturated heterocycles. The summed E-state index contributed by atoms with van der Waals surface area (Å²) in [6, 6.07) is 10.0. The lowest BCUT2D eigenvalue weighted by Crippen LogP contribution is -1.85. The lowest BCUT2D eigenvalue weighted by atomic mass is 10.1. The molecule has 2 aromatic rings. The van der Waals surface area contributed by atoms with Gasteiger partial charge in [-0.3, -0.25) is 0 Å². The van der Waals surface area contributed by atoms with Crippen LogP contribution in [0.3, 0.4) is 0 Å². The zero-order valence-electron chi connectivity index (χ0n) is 7.98. The molecule has 2 aromatic carbocycles. The summed E-state index contributed by atoms with van der Waals surface area (Å²) in [5.74, 6) is -0.287. The Bertz CT molecular complexity index is 520. The van der Waals surface area contributed by atoms with Crippen LogP contribution < -0.4 is 0 Å². The van der Waals surface area contributed by atoms with Crippen LogP contribution in [0.5, 0.6) is 0 Å². The van der Waals surface area contributed by atoms with Gasteiger partial charge < -0.3 is 0 Å². The van der Waals surface area contributed by atoms with Crippen LogP contribution in [-0.2, 0) is 0 Å². The van der Waals surface area contributed by atoms with E-state index in [9.17, 15) is 4.39 Å². The molecule has 0 spiro atoms. The first-order chi connectivity index (χ1) is 7.59. The third kappa shape index (κ3) is 2.31. The van der Waals surface area contributed by atoms with Crippen molar-refractivity contribution in [3.05, 3.63) is 56.2 Å². The van der Waals surface area contributed by atoms with Gasteiger partial charge in [-0.15, -0.1) is 0 Å². The fourth-order valence-electron chi connectivity index (χ4n) is 1.44. The van der Waals surface area contributed by atoms with Crippen molar-refractivity contribution in [1.29, 1.82) is 0 Å². The molecule has 0 unspecified atom stereocenters. The molecule has 0 saturated carbocycles. The lowest BCUT2D eigenvalue weighted by Gasteiger charge is -2.09. The predicted molar refractivity (Wildman–Crippen MR) is 72.2 cm³/mol. The molecule has 0 N–H and O–H groups in total. The first kappa shape index (κ1) is 12.1. The minimum absolute atomic E-state index is 0.287. The van der Waals surface area contributed by atoms with E-state index in [0.717, 1.165) is 20.1 Å². The molecule has 0 amide bonds. The number of halogens is 4.